The Morgan fingerprint density at radius 2 is 2.26 bits per heavy atom. The van der Waals surface area contributed by atoms with Gasteiger partial charge in [-0.2, -0.15) is 0 Å². The van der Waals surface area contributed by atoms with Gasteiger partial charge in [-0.15, -0.1) is 10.2 Å². The van der Waals surface area contributed by atoms with Crippen molar-refractivity contribution in [3.05, 3.63) is 28.5 Å². The lowest BCUT2D eigenvalue weighted by Gasteiger charge is -2.03. The van der Waals surface area contributed by atoms with Crippen molar-refractivity contribution in [1.82, 2.24) is 10.2 Å². The molecule has 0 radical (unpaired) electrons. The van der Waals surface area contributed by atoms with Gasteiger partial charge in [0.25, 0.3) is 0 Å². The molecule has 0 amide bonds. The molecule has 1 aromatic heterocycles. The molecule has 0 aliphatic rings. The summed E-state index contributed by atoms with van der Waals surface area (Å²) in [6.07, 6.45) is 0.266. The number of nitrogens with zero attached hydrogens (tertiary/aromatic N) is 2. The summed E-state index contributed by atoms with van der Waals surface area (Å²) in [5.74, 6) is -0.324. The largest absolute Gasteiger partial charge is 0.393 e. The average molecular weight is 346 g/mol. The minimum absolute atomic E-state index is 0.324. The Kier molecular flexibility index (Phi) is 4.84. The zero-order valence-corrected chi connectivity index (χ0v) is 12.6. The Hall–Kier alpha value is -1.05. The van der Waals surface area contributed by atoms with Crippen LogP contribution in [0.3, 0.4) is 0 Å². The topological polar surface area (TPSA) is 58.0 Å². The maximum absolute atomic E-state index is 13.7. The zero-order valence-electron chi connectivity index (χ0n) is 10.2. The van der Waals surface area contributed by atoms with Gasteiger partial charge >= 0.3 is 0 Å². The fourth-order valence-corrected chi connectivity index (χ4v) is 2.60. The Morgan fingerprint density at radius 1 is 1.47 bits per heavy atom. The first-order valence-corrected chi connectivity index (χ1v) is 7.38. The number of hydrogen-bond donors (Lipinski definition) is 2. The van der Waals surface area contributed by atoms with E-state index in [0.717, 1.165) is 4.47 Å². The molecule has 0 bridgehead atoms. The van der Waals surface area contributed by atoms with Crippen LogP contribution >= 0.6 is 27.3 Å². The minimum Gasteiger partial charge on any atom is -0.393 e. The Morgan fingerprint density at radius 3 is 3.00 bits per heavy atom. The van der Waals surface area contributed by atoms with Gasteiger partial charge in [0, 0.05) is 16.6 Å². The first-order valence-electron chi connectivity index (χ1n) is 5.77. The van der Waals surface area contributed by atoms with E-state index in [9.17, 15) is 4.39 Å². The molecule has 19 heavy (non-hydrogen) atoms. The van der Waals surface area contributed by atoms with E-state index in [-0.39, 0.29) is 11.9 Å². The van der Waals surface area contributed by atoms with Gasteiger partial charge in [0.1, 0.15) is 5.82 Å². The van der Waals surface area contributed by atoms with Crippen LogP contribution in [-0.2, 0) is 0 Å². The van der Waals surface area contributed by atoms with Crippen LogP contribution in [0.1, 0.15) is 13.3 Å². The minimum atomic E-state index is -0.359. The van der Waals surface area contributed by atoms with Crippen LogP contribution in [0, 0.1) is 5.82 Å². The van der Waals surface area contributed by atoms with Crippen LogP contribution in [-0.4, -0.2) is 28.0 Å². The number of aliphatic hydroxyl groups excluding tert-OH is 1. The third-order valence-corrected chi connectivity index (χ3v) is 3.83. The summed E-state index contributed by atoms with van der Waals surface area (Å²) in [7, 11) is 0. The first kappa shape index (κ1) is 14.4. The molecule has 0 saturated heterocycles. The molecule has 0 aliphatic carbocycles. The lowest BCUT2D eigenvalue weighted by atomic mass is 10.2. The number of nitrogens with one attached hydrogen (secondary N) is 1. The van der Waals surface area contributed by atoms with E-state index >= 15 is 0 Å². The molecule has 1 aromatic carbocycles. The Labute approximate surface area is 122 Å². The number of rotatable bonds is 5. The summed E-state index contributed by atoms with van der Waals surface area (Å²) in [5, 5.41) is 21.3. The number of aromatic nitrogens is 2. The maximum atomic E-state index is 13.7. The van der Waals surface area contributed by atoms with E-state index in [4.69, 9.17) is 5.11 Å². The van der Waals surface area contributed by atoms with Crippen LogP contribution in [0.5, 0.6) is 0 Å². The van der Waals surface area contributed by atoms with Gasteiger partial charge in [-0.05, 0) is 31.5 Å². The summed E-state index contributed by atoms with van der Waals surface area (Å²) in [6.45, 7) is 2.33. The van der Waals surface area contributed by atoms with E-state index in [1.54, 1.807) is 19.1 Å². The van der Waals surface area contributed by atoms with Gasteiger partial charge in [0.05, 0.1) is 6.10 Å². The quantitative estimate of drug-likeness (QED) is 0.872. The molecule has 102 valence electrons. The predicted octanol–water partition coefficient (Wildman–Crippen LogP) is 3.29. The normalized spacial score (nSPS) is 12.4. The first-order chi connectivity index (χ1) is 9.06. The van der Waals surface area contributed by atoms with Crippen LogP contribution < -0.4 is 5.32 Å². The molecule has 2 N–H and O–H groups in total. The highest BCUT2D eigenvalue weighted by molar-refractivity contribution is 9.10. The Bertz CT molecular complexity index is 562. The van der Waals surface area contributed by atoms with Crippen molar-refractivity contribution in [2.75, 3.05) is 11.9 Å². The van der Waals surface area contributed by atoms with Crippen molar-refractivity contribution in [2.45, 2.75) is 19.4 Å². The molecule has 0 saturated carbocycles. The van der Waals surface area contributed by atoms with Gasteiger partial charge in [0.2, 0.25) is 5.13 Å². The third-order valence-electron chi connectivity index (χ3n) is 2.42. The van der Waals surface area contributed by atoms with Gasteiger partial charge in [-0.3, -0.25) is 0 Å². The highest BCUT2D eigenvalue weighted by Crippen LogP contribution is 2.30. The molecule has 2 aromatic rings. The highest BCUT2D eigenvalue weighted by Gasteiger charge is 2.11. The van der Waals surface area contributed by atoms with E-state index in [2.05, 4.69) is 31.4 Å². The molecular formula is C12H13BrFN3OS. The van der Waals surface area contributed by atoms with Gasteiger partial charge in [-0.1, -0.05) is 27.3 Å². The number of hydrogen-bond acceptors (Lipinski definition) is 5. The molecule has 1 heterocycles. The van der Waals surface area contributed by atoms with Gasteiger partial charge in [0.15, 0.2) is 5.01 Å². The number of aliphatic hydroxyl groups is 1. The second-order valence-corrected chi connectivity index (χ2v) is 5.99. The zero-order chi connectivity index (χ0) is 13.8. The molecule has 2 rings (SSSR count). The Balaban J connectivity index is 2.10. The van der Waals surface area contributed by atoms with Gasteiger partial charge < -0.3 is 10.4 Å². The smallest absolute Gasteiger partial charge is 0.206 e. The third kappa shape index (κ3) is 3.95. The fourth-order valence-electron chi connectivity index (χ4n) is 1.45. The molecule has 0 aliphatic heterocycles. The SMILES string of the molecule is CC(O)CCNc1nnc(-c2cc(Br)ccc2F)s1. The van der Waals surface area contributed by atoms with Crippen molar-refractivity contribution < 1.29 is 9.50 Å². The summed E-state index contributed by atoms with van der Waals surface area (Å²) in [6, 6.07) is 4.71. The second kappa shape index (κ2) is 6.40. The molecule has 7 heteroatoms. The monoisotopic (exact) mass is 345 g/mol. The standard InChI is InChI=1S/C12H13BrFN3OS/c1-7(18)4-5-15-12-17-16-11(19-12)9-6-8(13)2-3-10(9)14/h2-3,6-7,18H,4-5H2,1H3,(H,15,17). The van der Waals surface area contributed by atoms with Crippen molar-refractivity contribution in [3.63, 3.8) is 0 Å². The van der Waals surface area contributed by atoms with Crippen molar-refractivity contribution in [3.8, 4) is 10.6 Å². The lowest BCUT2D eigenvalue weighted by Crippen LogP contribution is -2.09. The van der Waals surface area contributed by atoms with E-state index in [1.807, 2.05) is 0 Å². The second-order valence-electron chi connectivity index (χ2n) is 4.10. The van der Waals surface area contributed by atoms with Crippen LogP contribution in [0.2, 0.25) is 0 Å². The fraction of sp³-hybridized carbons (Fsp3) is 0.333. The van der Waals surface area contributed by atoms with E-state index < -0.39 is 0 Å². The maximum Gasteiger partial charge on any atom is 0.206 e. The average Bonchev–Trinajstić information content (AvgIpc) is 2.80. The van der Waals surface area contributed by atoms with E-state index in [0.29, 0.717) is 28.7 Å². The van der Waals surface area contributed by atoms with E-state index in [1.165, 1.54) is 17.4 Å². The number of halogens is 2. The molecular weight excluding hydrogens is 333 g/mol. The molecule has 1 unspecified atom stereocenters. The molecule has 0 fully saturated rings. The van der Waals surface area contributed by atoms with Gasteiger partial charge in [-0.25, -0.2) is 4.39 Å². The summed E-state index contributed by atoms with van der Waals surface area (Å²) in [4.78, 5) is 0. The van der Waals surface area contributed by atoms with Crippen LogP contribution in [0.25, 0.3) is 10.6 Å². The van der Waals surface area contributed by atoms with Crippen molar-refractivity contribution in [1.29, 1.82) is 0 Å². The van der Waals surface area contributed by atoms with Crippen LogP contribution in [0.4, 0.5) is 9.52 Å². The number of benzene rings is 1. The van der Waals surface area contributed by atoms with Crippen molar-refractivity contribution >= 4 is 32.4 Å². The molecule has 0 spiro atoms. The van der Waals surface area contributed by atoms with Crippen LogP contribution in [0.15, 0.2) is 22.7 Å². The summed E-state index contributed by atoms with van der Waals surface area (Å²) < 4.78 is 14.5. The summed E-state index contributed by atoms with van der Waals surface area (Å²) >= 11 is 4.59. The predicted molar refractivity (Wildman–Crippen MR) is 77.8 cm³/mol. The molecule has 1 atom stereocenters. The molecule has 4 nitrogen and oxygen atoms in total. The summed E-state index contributed by atoms with van der Waals surface area (Å²) in [5.41, 5.74) is 0.426. The number of anilines is 1. The lowest BCUT2D eigenvalue weighted by molar-refractivity contribution is 0.189. The highest BCUT2D eigenvalue weighted by atomic mass is 79.9. The van der Waals surface area contributed by atoms with Crippen molar-refractivity contribution in [2.24, 2.45) is 0 Å².